The van der Waals surface area contributed by atoms with Crippen molar-refractivity contribution in [3.8, 4) is 5.75 Å². The summed E-state index contributed by atoms with van der Waals surface area (Å²) in [5.74, 6) is -0.836. The first-order chi connectivity index (χ1) is 9.56. The number of carbonyl (C=O) groups is 2. The number of carboxylic acids is 1. The zero-order valence-corrected chi connectivity index (χ0v) is 10.6. The Labute approximate surface area is 115 Å². The molecule has 0 bridgehead atoms. The van der Waals surface area contributed by atoms with Gasteiger partial charge in [0.1, 0.15) is 12.4 Å². The number of carboxylic acid groups (broad SMARTS) is 1. The van der Waals surface area contributed by atoms with Crippen LogP contribution >= 0.6 is 0 Å². The zero-order chi connectivity index (χ0) is 14.5. The molecule has 3 N–H and O–H groups in total. The molecule has 0 aliphatic heterocycles. The Morgan fingerprint density at radius 3 is 2.00 bits per heavy atom. The van der Waals surface area contributed by atoms with Crippen LogP contribution in [0.5, 0.6) is 5.75 Å². The molecule has 1 amide bonds. The van der Waals surface area contributed by atoms with Gasteiger partial charge in [-0.15, -0.1) is 0 Å². The molecule has 5 heteroatoms. The van der Waals surface area contributed by atoms with Gasteiger partial charge in [0.15, 0.2) is 0 Å². The summed E-state index contributed by atoms with van der Waals surface area (Å²) in [6, 6.07) is 12.9. The Morgan fingerprint density at radius 2 is 1.50 bits per heavy atom. The van der Waals surface area contributed by atoms with Gasteiger partial charge in [-0.25, -0.2) is 4.79 Å². The van der Waals surface area contributed by atoms with E-state index in [4.69, 9.17) is 15.6 Å². The average molecular weight is 271 g/mol. The highest BCUT2D eigenvalue weighted by Crippen LogP contribution is 2.14. The minimum atomic E-state index is -0.959. The van der Waals surface area contributed by atoms with E-state index in [2.05, 4.69) is 0 Å². The first kappa shape index (κ1) is 13.6. The quantitative estimate of drug-likeness (QED) is 0.871. The first-order valence-corrected chi connectivity index (χ1v) is 5.91. The molecule has 0 aromatic heterocycles. The van der Waals surface area contributed by atoms with E-state index in [9.17, 15) is 9.59 Å². The van der Waals surface area contributed by atoms with Crippen molar-refractivity contribution < 1.29 is 19.4 Å². The minimum absolute atomic E-state index is 0.236. The normalized spacial score (nSPS) is 10.0. The lowest BCUT2D eigenvalue weighted by Gasteiger charge is -2.07. The number of primary amides is 1. The first-order valence-electron chi connectivity index (χ1n) is 5.91. The molecule has 20 heavy (non-hydrogen) atoms. The van der Waals surface area contributed by atoms with Crippen LogP contribution in [0.4, 0.5) is 0 Å². The van der Waals surface area contributed by atoms with Crippen molar-refractivity contribution in [2.45, 2.75) is 6.61 Å². The van der Waals surface area contributed by atoms with E-state index >= 15 is 0 Å². The van der Waals surface area contributed by atoms with Gasteiger partial charge < -0.3 is 15.6 Å². The molecule has 0 spiro atoms. The van der Waals surface area contributed by atoms with Crippen molar-refractivity contribution in [1.29, 1.82) is 0 Å². The largest absolute Gasteiger partial charge is 0.489 e. The van der Waals surface area contributed by atoms with E-state index in [-0.39, 0.29) is 5.56 Å². The van der Waals surface area contributed by atoms with Gasteiger partial charge in [-0.1, -0.05) is 12.1 Å². The van der Waals surface area contributed by atoms with Crippen LogP contribution in [-0.4, -0.2) is 17.0 Å². The highest BCUT2D eigenvalue weighted by atomic mass is 16.5. The molecule has 2 rings (SSSR count). The van der Waals surface area contributed by atoms with Crippen molar-refractivity contribution in [3.05, 3.63) is 65.2 Å². The number of benzene rings is 2. The molecule has 0 fully saturated rings. The Morgan fingerprint density at radius 1 is 0.950 bits per heavy atom. The molecule has 0 aliphatic carbocycles. The standard InChI is InChI=1S/C15H13NO4/c16-14(17)11-5-7-13(8-6-11)20-9-10-1-3-12(4-2-10)15(18)19/h1-8H,9H2,(H2,16,17)(H,18,19). The monoisotopic (exact) mass is 271 g/mol. The number of nitrogens with two attached hydrogens (primary N) is 1. The van der Waals surface area contributed by atoms with Gasteiger partial charge in [0.25, 0.3) is 0 Å². The summed E-state index contributed by atoms with van der Waals surface area (Å²) in [4.78, 5) is 21.6. The topological polar surface area (TPSA) is 89.6 Å². The highest BCUT2D eigenvalue weighted by Gasteiger charge is 2.03. The molecule has 2 aromatic rings. The lowest BCUT2D eigenvalue weighted by Crippen LogP contribution is -2.10. The van der Waals surface area contributed by atoms with Crippen LogP contribution in [0.3, 0.4) is 0 Å². The van der Waals surface area contributed by atoms with Crippen molar-refractivity contribution in [2.24, 2.45) is 5.73 Å². The summed E-state index contributed by atoms with van der Waals surface area (Å²) < 4.78 is 5.53. The summed E-state index contributed by atoms with van der Waals surface area (Å²) in [6.07, 6.45) is 0. The Hall–Kier alpha value is -2.82. The van der Waals surface area contributed by atoms with Crippen LogP contribution in [0.1, 0.15) is 26.3 Å². The second-order valence-corrected chi connectivity index (χ2v) is 4.18. The van der Waals surface area contributed by atoms with Crippen LogP contribution in [-0.2, 0) is 6.61 Å². The van der Waals surface area contributed by atoms with Crippen molar-refractivity contribution >= 4 is 11.9 Å². The fraction of sp³-hybridized carbons (Fsp3) is 0.0667. The van der Waals surface area contributed by atoms with Gasteiger partial charge in [0.2, 0.25) is 5.91 Å². The Bertz CT molecular complexity index is 560. The molecule has 0 unspecified atom stereocenters. The smallest absolute Gasteiger partial charge is 0.335 e. The number of ether oxygens (including phenoxy) is 1. The van der Waals surface area contributed by atoms with Gasteiger partial charge in [-0.2, -0.15) is 0 Å². The summed E-state index contributed by atoms with van der Waals surface area (Å²) in [5, 5.41) is 8.79. The fourth-order valence-electron chi connectivity index (χ4n) is 1.63. The lowest BCUT2D eigenvalue weighted by atomic mass is 10.1. The maximum atomic E-state index is 10.9. The van der Waals surface area contributed by atoms with Crippen LogP contribution < -0.4 is 10.5 Å². The molecular formula is C15H13NO4. The molecule has 0 radical (unpaired) electrons. The fourth-order valence-corrected chi connectivity index (χ4v) is 1.63. The van der Waals surface area contributed by atoms with E-state index < -0.39 is 11.9 Å². The second kappa shape index (κ2) is 5.88. The van der Waals surface area contributed by atoms with Crippen LogP contribution in [0, 0.1) is 0 Å². The number of aromatic carboxylic acids is 1. The molecule has 0 saturated carbocycles. The Balaban J connectivity index is 1.97. The van der Waals surface area contributed by atoms with E-state index in [0.717, 1.165) is 5.56 Å². The van der Waals surface area contributed by atoms with E-state index in [0.29, 0.717) is 17.9 Å². The summed E-state index contributed by atoms with van der Waals surface area (Å²) in [5.41, 5.74) is 6.65. The second-order valence-electron chi connectivity index (χ2n) is 4.18. The number of hydrogen-bond donors (Lipinski definition) is 2. The molecule has 0 saturated heterocycles. The summed E-state index contributed by atoms with van der Waals surface area (Å²) >= 11 is 0. The number of rotatable bonds is 5. The van der Waals surface area contributed by atoms with Crippen LogP contribution in [0.15, 0.2) is 48.5 Å². The van der Waals surface area contributed by atoms with E-state index in [1.807, 2.05) is 0 Å². The number of carbonyl (C=O) groups excluding carboxylic acids is 1. The van der Waals surface area contributed by atoms with Gasteiger partial charge in [-0.05, 0) is 42.0 Å². The maximum Gasteiger partial charge on any atom is 0.335 e. The molecule has 0 atom stereocenters. The average Bonchev–Trinajstić information content (AvgIpc) is 2.46. The maximum absolute atomic E-state index is 10.9. The Kier molecular flexibility index (Phi) is 4.00. The van der Waals surface area contributed by atoms with Gasteiger partial charge in [0, 0.05) is 5.56 Å². The number of hydrogen-bond acceptors (Lipinski definition) is 3. The van der Waals surface area contributed by atoms with Crippen molar-refractivity contribution in [3.63, 3.8) is 0 Å². The van der Waals surface area contributed by atoms with Gasteiger partial charge in [0.05, 0.1) is 5.56 Å². The number of amides is 1. The predicted octanol–water partition coefficient (Wildman–Crippen LogP) is 2.06. The zero-order valence-electron chi connectivity index (χ0n) is 10.6. The molecule has 0 heterocycles. The lowest BCUT2D eigenvalue weighted by molar-refractivity contribution is 0.0696. The molecule has 0 aliphatic rings. The molecular weight excluding hydrogens is 258 g/mol. The van der Waals surface area contributed by atoms with Crippen LogP contribution in [0.25, 0.3) is 0 Å². The molecule has 5 nitrogen and oxygen atoms in total. The van der Waals surface area contributed by atoms with Crippen LogP contribution in [0.2, 0.25) is 0 Å². The minimum Gasteiger partial charge on any atom is -0.489 e. The van der Waals surface area contributed by atoms with Gasteiger partial charge in [-0.3, -0.25) is 4.79 Å². The molecule has 102 valence electrons. The third kappa shape index (κ3) is 3.35. The van der Waals surface area contributed by atoms with Gasteiger partial charge >= 0.3 is 5.97 Å². The van der Waals surface area contributed by atoms with Crippen molar-refractivity contribution in [1.82, 2.24) is 0 Å². The summed E-state index contributed by atoms with van der Waals surface area (Å²) in [6.45, 7) is 0.315. The third-order valence-electron chi connectivity index (χ3n) is 2.75. The predicted molar refractivity (Wildman–Crippen MR) is 72.7 cm³/mol. The molecule has 2 aromatic carbocycles. The highest BCUT2D eigenvalue weighted by molar-refractivity contribution is 5.92. The van der Waals surface area contributed by atoms with E-state index in [1.165, 1.54) is 12.1 Å². The third-order valence-corrected chi connectivity index (χ3v) is 2.75. The summed E-state index contributed by atoms with van der Waals surface area (Å²) in [7, 11) is 0. The van der Waals surface area contributed by atoms with E-state index in [1.54, 1.807) is 36.4 Å². The van der Waals surface area contributed by atoms with Crippen molar-refractivity contribution in [2.75, 3.05) is 0 Å². The SMILES string of the molecule is NC(=O)c1ccc(OCc2ccc(C(=O)O)cc2)cc1.